The number of amides is 1. The zero-order valence-electron chi connectivity index (χ0n) is 7.68. The number of carbonyl (C=O) groups is 1. The number of nitrogens with one attached hydrogen (secondary N) is 2. The highest BCUT2D eigenvalue weighted by atomic mass is 35.5. The smallest absolute Gasteiger partial charge is 0.231 e. The van der Waals surface area contributed by atoms with E-state index in [1.165, 1.54) is 6.07 Å². The zero-order valence-corrected chi connectivity index (χ0v) is 9.19. The second-order valence-electron chi connectivity index (χ2n) is 2.88. The van der Waals surface area contributed by atoms with E-state index < -0.39 is 0 Å². The average molecular weight is 246 g/mol. The van der Waals surface area contributed by atoms with Gasteiger partial charge in [-0.15, -0.1) is 0 Å². The SMILES string of the molecule is N=C(N)CC(=O)Nc1ccc(Cl)c(Cl)c1. The summed E-state index contributed by atoms with van der Waals surface area (Å²) >= 11 is 11.5. The Kier molecular flexibility index (Phi) is 3.94. The van der Waals surface area contributed by atoms with Crippen molar-refractivity contribution < 1.29 is 4.79 Å². The number of halogens is 2. The molecule has 1 amide bonds. The molecule has 0 spiro atoms. The lowest BCUT2D eigenvalue weighted by Gasteiger charge is -2.05. The highest BCUT2D eigenvalue weighted by molar-refractivity contribution is 6.42. The molecule has 1 aromatic carbocycles. The second-order valence-corrected chi connectivity index (χ2v) is 3.69. The van der Waals surface area contributed by atoms with Gasteiger partial charge < -0.3 is 11.1 Å². The minimum Gasteiger partial charge on any atom is -0.387 e. The van der Waals surface area contributed by atoms with Crippen LogP contribution in [0.15, 0.2) is 18.2 Å². The molecule has 0 unspecified atom stereocenters. The van der Waals surface area contributed by atoms with Crippen LogP contribution in [0.25, 0.3) is 0 Å². The lowest BCUT2D eigenvalue weighted by Crippen LogP contribution is -2.20. The average Bonchev–Trinajstić information content (AvgIpc) is 2.10. The number of nitrogens with two attached hydrogens (primary N) is 1. The summed E-state index contributed by atoms with van der Waals surface area (Å²) in [6.45, 7) is 0. The molecule has 0 radical (unpaired) electrons. The summed E-state index contributed by atoms with van der Waals surface area (Å²) in [5.74, 6) is -0.548. The molecule has 0 aliphatic rings. The first kappa shape index (κ1) is 11.8. The van der Waals surface area contributed by atoms with Crippen LogP contribution in [0.5, 0.6) is 0 Å². The fraction of sp³-hybridized carbons (Fsp3) is 0.111. The van der Waals surface area contributed by atoms with E-state index in [2.05, 4.69) is 5.32 Å². The summed E-state index contributed by atoms with van der Waals surface area (Å²) < 4.78 is 0. The summed E-state index contributed by atoms with van der Waals surface area (Å²) in [5.41, 5.74) is 5.60. The maximum Gasteiger partial charge on any atom is 0.231 e. The Morgan fingerprint density at radius 1 is 1.40 bits per heavy atom. The van der Waals surface area contributed by atoms with Crippen molar-refractivity contribution in [2.75, 3.05) is 5.32 Å². The first-order valence-electron chi connectivity index (χ1n) is 4.07. The highest BCUT2D eigenvalue weighted by Crippen LogP contribution is 2.24. The Labute approximate surface area is 96.9 Å². The van der Waals surface area contributed by atoms with Gasteiger partial charge in [-0.3, -0.25) is 10.2 Å². The van der Waals surface area contributed by atoms with Gasteiger partial charge in [-0.05, 0) is 18.2 Å². The largest absolute Gasteiger partial charge is 0.387 e. The molecule has 1 aromatic rings. The van der Waals surface area contributed by atoms with E-state index in [1.54, 1.807) is 12.1 Å². The highest BCUT2D eigenvalue weighted by Gasteiger charge is 2.05. The standard InChI is InChI=1S/C9H9Cl2N3O/c10-6-2-1-5(3-7(6)11)14-9(15)4-8(12)13/h1-3H,4H2,(H3,12,13)(H,14,15). The molecule has 80 valence electrons. The molecule has 0 bridgehead atoms. The summed E-state index contributed by atoms with van der Waals surface area (Å²) in [6, 6.07) is 4.72. The predicted octanol–water partition coefficient (Wildman–Crippen LogP) is 2.26. The molecule has 0 aromatic heterocycles. The maximum absolute atomic E-state index is 11.2. The molecule has 4 N–H and O–H groups in total. The Hall–Kier alpha value is -1.26. The maximum atomic E-state index is 11.2. The van der Waals surface area contributed by atoms with Crippen molar-refractivity contribution in [1.29, 1.82) is 5.41 Å². The molecular weight excluding hydrogens is 237 g/mol. The first-order chi connectivity index (χ1) is 6.99. The van der Waals surface area contributed by atoms with Gasteiger partial charge in [-0.1, -0.05) is 23.2 Å². The van der Waals surface area contributed by atoms with Gasteiger partial charge in [0.25, 0.3) is 0 Å². The van der Waals surface area contributed by atoms with Gasteiger partial charge in [0.05, 0.1) is 16.5 Å². The molecule has 4 nitrogen and oxygen atoms in total. The van der Waals surface area contributed by atoms with E-state index in [0.29, 0.717) is 15.7 Å². The van der Waals surface area contributed by atoms with Gasteiger partial charge in [0.15, 0.2) is 0 Å². The molecule has 0 saturated heterocycles. The van der Waals surface area contributed by atoms with Crippen molar-refractivity contribution in [3.8, 4) is 0 Å². The number of carbonyl (C=O) groups excluding carboxylic acids is 1. The minimum absolute atomic E-state index is 0.139. The first-order valence-corrected chi connectivity index (χ1v) is 4.82. The lowest BCUT2D eigenvalue weighted by atomic mass is 10.3. The Bertz CT molecular complexity index is 406. The normalized spacial score (nSPS) is 9.73. The third kappa shape index (κ3) is 3.77. The third-order valence-electron chi connectivity index (χ3n) is 1.55. The molecule has 0 saturated carbocycles. The van der Waals surface area contributed by atoms with Crippen LogP contribution in [-0.2, 0) is 4.79 Å². The Balaban J connectivity index is 2.69. The number of amidine groups is 1. The van der Waals surface area contributed by atoms with E-state index in [1.807, 2.05) is 0 Å². The molecule has 15 heavy (non-hydrogen) atoms. The summed E-state index contributed by atoms with van der Waals surface area (Å²) in [7, 11) is 0. The van der Waals surface area contributed by atoms with E-state index in [4.69, 9.17) is 34.3 Å². The molecule has 1 rings (SSSR count). The van der Waals surface area contributed by atoms with Gasteiger partial charge >= 0.3 is 0 Å². The van der Waals surface area contributed by atoms with Crippen molar-refractivity contribution in [3.05, 3.63) is 28.2 Å². The number of benzene rings is 1. The van der Waals surface area contributed by atoms with Crippen LogP contribution in [0.2, 0.25) is 10.0 Å². The summed E-state index contributed by atoms with van der Waals surface area (Å²) in [5, 5.41) is 10.3. The van der Waals surface area contributed by atoms with Crippen molar-refractivity contribution in [3.63, 3.8) is 0 Å². The molecule has 0 fully saturated rings. The quantitative estimate of drug-likeness (QED) is 0.564. The second kappa shape index (κ2) is 5.00. The van der Waals surface area contributed by atoms with Gasteiger partial charge in [0, 0.05) is 5.69 Å². The molecule has 0 aliphatic carbocycles. The van der Waals surface area contributed by atoms with Crippen LogP contribution in [0.3, 0.4) is 0 Å². The van der Waals surface area contributed by atoms with Crippen molar-refractivity contribution in [1.82, 2.24) is 0 Å². The predicted molar refractivity (Wildman–Crippen MR) is 61.6 cm³/mol. The van der Waals surface area contributed by atoms with E-state index >= 15 is 0 Å². The number of anilines is 1. The van der Waals surface area contributed by atoms with Crippen LogP contribution in [-0.4, -0.2) is 11.7 Å². The third-order valence-corrected chi connectivity index (χ3v) is 2.29. The molecular formula is C9H9Cl2N3O. The van der Waals surface area contributed by atoms with Crippen molar-refractivity contribution in [2.24, 2.45) is 5.73 Å². The van der Waals surface area contributed by atoms with E-state index in [9.17, 15) is 4.79 Å². The van der Waals surface area contributed by atoms with Gasteiger partial charge in [0.2, 0.25) is 5.91 Å². The Morgan fingerprint density at radius 2 is 2.07 bits per heavy atom. The topological polar surface area (TPSA) is 79.0 Å². The van der Waals surface area contributed by atoms with Crippen LogP contribution in [0.1, 0.15) is 6.42 Å². The monoisotopic (exact) mass is 245 g/mol. The molecule has 0 atom stereocenters. The van der Waals surface area contributed by atoms with Gasteiger partial charge in [-0.25, -0.2) is 0 Å². The van der Waals surface area contributed by atoms with Gasteiger partial charge in [0.1, 0.15) is 5.84 Å². The summed E-state index contributed by atoms with van der Waals surface area (Å²) in [6.07, 6.45) is -0.139. The molecule has 6 heteroatoms. The fourth-order valence-corrected chi connectivity index (χ4v) is 1.25. The number of hydrogen-bond acceptors (Lipinski definition) is 2. The molecule has 0 aliphatic heterocycles. The number of hydrogen-bond donors (Lipinski definition) is 3. The Morgan fingerprint density at radius 3 is 2.60 bits per heavy atom. The molecule has 0 heterocycles. The van der Waals surface area contributed by atoms with Crippen LogP contribution in [0.4, 0.5) is 5.69 Å². The number of rotatable bonds is 3. The van der Waals surface area contributed by atoms with Crippen LogP contribution >= 0.6 is 23.2 Å². The lowest BCUT2D eigenvalue weighted by molar-refractivity contribution is -0.115. The zero-order chi connectivity index (χ0) is 11.4. The fourth-order valence-electron chi connectivity index (χ4n) is 0.952. The summed E-state index contributed by atoms with van der Waals surface area (Å²) in [4.78, 5) is 11.2. The van der Waals surface area contributed by atoms with Crippen LogP contribution < -0.4 is 11.1 Å². The van der Waals surface area contributed by atoms with Crippen molar-refractivity contribution in [2.45, 2.75) is 6.42 Å². The minimum atomic E-state index is -0.360. The van der Waals surface area contributed by atoms with E-state index in [0.717, 1.165) is 0 Å². The van der Waals surface area contributed by atoms with Crippen LogP contribution in [0, 0.1) is 5.41 Å². The van der Waals surface area contributed by atoms with Crippen molar-refractivity contribution >= 4 is 40.6 Å². The van der Waals surface area contributed by atoms with Gasteiger partial charge in [-0.2, -0.15) is 0 Å². The van der Waals surface area contributed by atoms with E-state index in [-0.39, 0.29) is 18.2 Å².